The van der Waals surface area contributed by atoms with Crippen molar-refractivity contribution >= 4 is 17.4 Å². The third-order valence-corrected chi connectivity index (χ3v) is 5.46. The number of carbonyl (C=O) groups is 1. The number of carbonyl (C=O) groups excluding carboxylic acids is 1. The van der Waals surface area contributed by atoms with E-state index >= 15 is 0 Å². The standard InChI is InChI=1S/C18H21N3O2S/c22-18(21-16(13-5-6-13)17-19-7-8-24-17)20-10-12-9-14-3-1-2-4-15(14)23-11-12/h1-4,7-8,12-13,16H,5-6,9-11H2,(H2,20,21,22)/t12-,16-/m0/s1. The second kappa shape index (κ2) is 6.81. The number of aromatic nitrogens is 1. The van der Waals surface area contributed by atoms with Crippen molar-refractivity contribution in [2.75, 3.05) is 13.2 Å². The number of benzene rings is 1. The SMILES string of the molecule is O=C(NC[C@H]1COc2ccccc2C1)N[C@H](c1nccs1)C1CC1. The van der Waals surface area contributed by atoms with Crippen LogP contribution in [0, 0.1) is 11.8 Å². The van der Waals surface area contributed by atoms with Gasteiger partial charge >= 0.3 is 6.03 Å². The molecule has 6 heteroatoms. The zero-order valence-corrected chi connectivity index (χ0v) is 14.2. The van der Waals surface area contributed by atoms with Gasteiger partial charge in [0, 0.05) is 24.0 Å². The van der Waals surface area contributed by atoms with E-state index in [-0.39, 0.29) is 12.1 Å². The van der Waals surface area contributed by atoms with E-state index in [0.29, 0.717) is 25.0 Å². The molecule has 0 spiro atoms. The Morgan fingerprint density at radius 3 is 3.04 bits per heavy atom. The number of urea groups is 1. The van der Waals surface area contributed by atoms with Crippen LogP contribution in [0.1, 0.15) is 29.5 Å². The van der Waals surface area contributed by atoms with Gasteiger partial charge in [0.15, 0.2) is 0 Å². The van der Waals surface area contributed by atoms with E-state index in [1.807, 2.05) is 23.6 Å². The van der Waals surface area contributed by atoms with Crippen LogP contribution in [0.4, 0.5) is 4.79 Å². The predicted molar refractivity (Wildman–Crippen MR) is 93.2 cm³/mol. The molecule has 4 rings (SSSR count). The second-order valence-corrected chi connectivity index (χ2v) is 7.45. The summed E-state index contributed by atoms with van der Waals surface area (Å²) >= 11 is 1.61. The Hall–Kier alpha value is -2.08. The Morgan fingerprint density at radius 2 is 2.25 bits per heavy atom. The summed E-state index contributed by atoms with van der Waals surface area (Å²) in [4.78, 5) is 16.6. The van der Waals surface area contributed by atoms with Crippen molar-refractivity contribution in [1.29, 1.82) is 0 Å². The Morgan fingerprint density at radius 1 is 1.38 bits per heavy atom. The highest BCUT2D eigenvalue weighted by molar-refractivity contribution is 7.09. The largest absolute Gasteiger partial charge is 0.493 e. The molecule has 0 saturated heterocycles. The zero-order chi connectivity index (χ0) is 16.4. The van der Waals surface area contributed by atoms with Gasteiger partial charge in [-0.15, -0.1) is 11.3 Å². The molecule has 1 aliphatic carbocycles. The van der Waals surface area contributed by atoms with E-state index in [4.69, 9.17) is 4.74 Å². The molecular weight excluding hydrogens is 322 g/mol. The number of fused-ring (bicyclic) bond motifs is 1. The van der Waals surface area contributed by atoms with E-state index < -0.39 is 0 Å². The molecule has 1 fully saturated rings. The molecule has 2 atom stereocenters. The van der Waals surface area contributed by atoms with Crippen molar-refractivity contribution in [2.45, 2.75) is 25.3 Å². The minimum Gasteiger partial charge on any atom is -0.493 e. The van der Waals surface area contributed by atoms with Crippen LogP contribution in [0.2, 0.25) is 0 Å². The first kappa shape index (κ1) is 15.4. The lowest BCUT2D eigenvalue weighted by Gasteiger charge is -2.25. The highest BCUT2D eigenvalue weighted by atomic mass is 32.1. The summed E-state index contributed by atoms with van der Waals surface area (Å²) in [6.45, 7) is 1.27. The topological polar surface area (TPSA) is 63.2 Å². The Balaban J connectivity index is 1.29. The van der Waals surface area contributed by atoms with Crippen molar-refractivity contribution in [1.82, 2.24) is 15.6 Å². The molecule has 2 heterocycles. The van der Waals surface area contributed by atoms with Crippen LogP contribution in [0.5, 0.6) is 5.75 Å². The van der Waals surface area contributed by atoms with Crippen LogP contribution in [-0.2, 0) is 6.42 Å². The molecule has 2 aromatic rings. The molecule has 2 aliphatic rings. The molecule has 5 nitrogen and oxygen atoms in total. The lowest BCUT2D eigenvalue weighted by molar-refractivity contribution is 0.209. The monoisotopic (exact) mass is 343 g/mol. The number of hydrogen-bond donors (Lipinski definition) is 2. The fraction of sp³-hybridized carbons (Fsp3) is 0.444. The van der Waals surface area contributed by atoms with Gasteiger partial charge in [0.05, 0.1) is 12.6 Å². The number of thiazole rings is 1. The highest BCUT2D eigenvalue weighted by Gasteiger charge is 2.35. The van der Waals surface area contributed by atoms with Crippen molar-refractivity contribution in [2.24, 2.45) is 11.8 Å². The second-order valence-electron chi connectivity index (χ2n) is 6.53. The molecule has 2 amide bonds. The summed E-state index contributed by atoms with van der Waals surface area (Å²) in [5.74, 6) is 1.81. The normalized spacial score (nSPS) is 20.6. The fourth-order valence-electron chi connectivity index (χ4n) is 3.15. The van der Waals surface area contributed by atoms with Gasteiger partial charge in [0.25, 0.3) is 0 Å². The van der Waals surface area contributed by atoms with E-state index in [9.17, 15) is 4.79 Å². The molecule has 0 unspecified atom stereocenters. The number of nitrogens with zero attached hydrogens (tertiary/aromatic N) is 1. The van der Waals surface area contributed by atoms with Crippen LogP contribution in [0.25, 0.3) is 0 Å². The molecule has 1 aliphatic heterocycles. The maximum absolute atomic E-state index is 12.3. The number of para-hydroxylation sites is 1. The Kier molecular flexibility index (Phi) is 4.38. The molecule has 1 aromatic carbocycles. The maximum atomic E-state index is 12.3. The van der Waals surface area contributed by atoms with Gasteiger partial charge in [0.1, 0.15) is 10.8 Å². The lowest BCUT2D eigenvalue weighted by Crippen LogP contribution is -2.42. The van der Waals surface area contributed by atoms with E-state index in [1.165, 1.54) is 5.56 Å². The fourth-order valence-corrected chi connectivity index (χ4v) is 3.93. The number of amides is 2. The minimum absolute atomic E-state index is 0.0494. The molecule has 2 N–H and O–H groups in total. The van der Waals surface area contributed by atoms with Gasteiger partial charge in [-0.05, 0) is 36.8 Å². The highest BCUT2D eigenvalue weighted by Crippen LogP contribution is 2.41. The molecule has 1 saturated carbocycles. The molecule has 1 aromatic heterocycles. The smallest absolute Gasteiger partial charge is 0.315 e. The van der Waals surface area contributed by atoms with Crippen molar-refractivity contribution in [3.63, 3.8) is 0 Å². The van der Waals surface area contributed by atoms with Gasteiger partial charge in [-0.3, -0.25) is 0 Å². The van der Waals surface area contributed by atoms with Crippen molar-refractivity contribution in [3.8, 4) is 5.75 Å². The van der Waals surface area contributed by atoms with Crippen LogP contribution >= 0.6 is 11.3 Å². The van der Waals surface area contributed by atoms with Gasteiger partial charge < -0.3 is 15.4 Å². The Bertz CT molecular complexity index is 700. The Labute approximate surface area is 145 Å². The van der Waals surface area contributed by atoms with Gasteiger partial charge in [-0.2, -0.15) is 0 Å². The van der Waals surface area contributed by atoms with Crippen molar-refractivity contribution < 1.29 is 9.53 Å². The number of hydrogen-bond acceptors (Lipinski definition) is 4. The summed E-state index contributed by atoms with van der Waals surface area (Å²) in [7, 11) is 0. The van der Waals surface area contributed by atoms with Gasteiger partial charge in [0.2, 0.25) is 0 Å². The third kappa shape index (κ3) is 3.53. The minimum atomic E-state index is -0.110. The average Bonchev–Trinajstić information content (AvgIpc) is 3.31. The van der Waals surface area contributed by atoms with Gasteiger partial charge in [-0.25, -0.2) is 9.78 Å². The lowest BCUT2D eigenvalue weighted by atomic mass is 9.97. The van der Waals surface area contributed by atoms with E-state index in [2.05, 4.69) is 21.7 Å². The van der Waals surface area contributed by atoms with Crippen LogP contribution in [0.15, 0.2) is 35.8 Å². The summed E-state index contributed by atoms with van der Waals surface area (Å²) < 4.78 is 5.78. The van der Waals surface area contributed by atoms with Crippen LogP contribution in [-0.4, -0.2) is 24.2 Å². The number of ether oxygens (including phenoxy) is 1. The average molecular weight is 343 g/mol. The number of rotatable bonds is 5. The third-order valence-electron chi connectivity index (χ3n) is 4.60. The first-order chi connectivity index (χ1) is 11.8. The number of nitrogens with one attached hydrogen (secondary N) is 2. The molecular formula is C18H21N3O2S. The molecule has 0 radical (unpaired) electrons. The summed E-state index contributed by atoms with van der Waals surface area (Å²) in [6, 6.07) is 8.04. The van der Waals surface area contributed by atoms with Crippen LogP contribution in [0.3, 0.4) is 0 Å². The first-order valence-corrected chi connectivity index (χ1v) is 9.32. The maximum Gasteiger partial charge on any atom is 0.315 e. The van der Waals surface area contributed by atoms with Crippen molar-refractivity contribution in [3.05, 3.63) is 46.4 Å². The zero-order valence-electron chi connectivity index (χ0n) is 13.4. The quantitative estimate of drug-likeness (QED) is 0.877. The summed E-state index contributed by atoms with van der Waals surface area (Å²) in [5, 5.41) is 9.06. The van der Waals surface area contributed by atoms with Crippen LogP contribution < -0.4 is 15.4 Å². The first-order valence-electron chi connectivity index (χ1n) is 8.44. The summed E-state index contributed by atoms with van der Waals surface area (Å²) in [6.07, 6.45) is 5.07. The van der Waals surface area contributed by atoms with E-state index in [1.54, 1.807) is 17.5 Å². The molecule has 0 bridgehead atoms. The molecule has 126 valence electrons. The van der Waals surface area contributed by atoms with Gasteiger partial charge in [-0.1, -0.05) is 18.2 Å². The summed E-state index contributed by atoms with van der Waals surface area (Å²) in [5.41, 5.74) is 1.22. The molecule has 24 heavy (non-hydrogen) atoms. The van der Waals surface area contributed by atoms with E-state index in [0.717, 1.165) is 30.0 Å². The predicted octanol–water partition coefficient (Wildman–Crippen LogP) is 3.14.